The molecule has 0 amide bonds. The van der Waals surface area contributed by atoms with Crippen LogP contribution in [0.15, 0.2) is 35.5 Å². The molecule has 0 saturated carbocycles. The summed E-state index contributed by atoms with van der Waals surface area (Å²) in [6, 6.07) is 5.95. The molecule has 0 saturated heterocycles. The van der Waals surface area contributed by atoms with Crippen molar-refractivity contribution in [2.75, 3.05) is 6.26 Å². The number of hydrogen-bond donors (Lipinski definition) is 1. The quantitative estimate of drug-likeness (QED) is 0.923. The van der Waals surface area contributed by atoms with E-state index in [1.54, 1.807) is 6.07 Å². The van der Waals surface area contributed by atoms with Gasteiger partial charge in [0.05, 0.1) is 10.0 Å². The van der Waals surface area contributed by atoms with Crippen LogP contribution in [0.2, 0.25) is 10.0 Å². The van der Waals surface area contributed by atoms with E-state index in [9.17, 15) is 18.3 Å². The van der Waals surface area contributed by atoms with E-state index in [0.717, 1.165) is 6.26 Å². The fourth-order valence-electron chi connectivity index (χ4n) is 1.83. The number of carbonyl (C=O) groups is 1. The zero-order valence-corrected chi connectivity index (χ0v) is 13.0. The van der Waals surface area contributed by atoms with E-state index < -0.39 is 26.4 Å². The molecule has 0 aliphatic carbocycles. The van der Waals surface area contributed by atoms with Crippen LogP contribution in [0.5, 0.6) is 0 Å². The number of carboxylic acid groups (broad SMARTS) is 1. The van der Waals surface area contributed by atoms with E-state index in [4.69, 9.17) is 23.2 Å². The zero-order chi connectivity index (χ0) is 15.8. The SMILES string of the molecule is CS(=O)(=O)c1nccc(-c2ccc(Cl)c(Cl)c2)c1C(=O)O. The maximum absolute atomic E-state index is 11.7. The summed E-state index contributed by atoms with van der Waals surface area (Å²) in [5.41, 5.74) is 0.254. The Hall–Kier alpha value is -1.63. The van der Waals surface area contributed by atoms with Crippen molar-refractivity contribution in [1.82, 2.24) is 4.98 Å². The molecule has 0 bridgehead atoms. The van der Waals surface area contributed by atoms with E-state index in [1.807, 2.05) is 0 Å². The number of sulfone groups is 1. The summed E-state index contributed by atoms with van der Waals surface area (Å²) < 4.78 is 23.4. The minimum Gasteiger partial charge on any atom is -0.478 e. The highest BCUT2D eigenvalue weighted by Crippen LogP contribution is 2.32. The summed E-state index contributed by atoms with van der Waals surface area (Å²) in [6.07, 6.45) is 2.14. The molecule has 8 heteroatoms. The van der Waals surface area contributed by atoms with Crippen LogP contribution >= 0.6 is 23.2 Å². The predicted octanol–water partition coefficient (Wildman–Crippen LogP) is 3.16. The Morgan fingerprint density at radius 2 is 1.86 bits per heavy atom. The van der Waals surface area contributed by atoms with E-state index in [2.05, 4.69) is 4.98 Å². The van der Waals surface area contributed by atoms with Gasteiger partial charge < -0.3 is 5.11 Å². The lowest BCUT2D eigenvalue weighted by atomic mass is 10.0. The van der Waals surface area contributed by atoms with Crippen molar-refractivity contribution in [2.24, 2.45) is 0 Å². The van der Waals surface area contributed by atoms with Gasteiger partial charge in [-0.25, -0.2) is 18.2 Å². The third-order valence-electron chi connectivity index (χ3n) is 2.71. The van der Waals surface area contributed by atoms with Crippen molar-refractivity contribution in [3.63, 3.8) is 0 Å². The normalized spacial score (nSPS) is 11.4. The van der Waals surface area contributed by atoms with Crippen LogP contribution in [0, 0.1) is 0 Å². The highest BCUT2D eigenvalue weighted by Gasteiger charge is 2.24. The van der Waals surface area contributed by atoms with Gasteiger partial charge in [0, 0.05) is 18.0 Å². The standard InChI is InChI=1S/C13H9Cl2NO4S/c1-21(19,20)12-11(13(17)18)8(4-5-16-12)7-2-3-9(14)10(15)6-7/h2-6H,1H3,(H,17,18). The first kappa shape index (κ1) is 15.8. The van der Waals surface area contributed by atoms with Crippen LogP contribution in [-0.2, 0) is 9.84 Å². The maximum atomic E-state index is 11.7. The highest BCUT2D eigenvalue weighted by atomic mass is 35.5. The second-order valence-electron chi connectivity index (χ2n) is 4.24. The molecule has 0 aliphatic rings. The number of pyridine rings is 1. The molecule has 0 spiro atoms. The Morgan fingerprint density at radius 3 is 2.38 bits per heavy atom. The number of nitrogens with zero attached hydrogens (tertiary/aromatic N) is 1. The summed E-state index contributed by atoms with van der Waals surface area (Å²) in [7, 11) is -3.78. The second-order valence-corrected chi connectivity index (χ2v) is 6.99. The zero-order valence-electron chi connectivity index (χ0n) is 10.7. The minimum absolute atomic E-state index is 0.205. The molecule has 0 radical (unpaired) electrons. The molecule has 2 rings (SSSR count). The molecule has 1 aromatic heterocycles. The fraction of sp³-hybridized carbons (Fsp3) is 0.0769. The van der Waals surface area contributed by atoms with Gasteiger partial charge in [-0.1, -0.05) is 29.3 Å². The van der Waals surface area contributed by atoms with Crippen molar-refractivity contribution >= 4 is 39.0 Å². The summed E-state index contributed by atoms with van der Waals surface area (Å²) >= 11 is 11.7. The van der Waals surface area contributed by atoms with Gasteiger partial charge in [-0.15, -0.1) is 0 Å². The van der Waals surface area contributed by atoms with Gasteiger partial charge in [-0.2, -0.15) is 0 Å². The number of aromatic nitrogens is 1. The smallest absolute Gasteiger partial charge is 0.339 e. The van der Waals surface area contributed by atoms with Crippen molar-refractivity contribution in [3.05, 3.63) is 46.1 Å². The number of aromatic carboxylic acids is 1. The van der Waals surface area contributed by atoms with Crippen LogP contribution in [0.4, 0.5) is 0 Å². The topological polar surface area (TPSA) is 84.3 Å². The Morgan fingerprint density at radius 1 is 1.19 bits per heavy atom. The third-order valence-corrected chi connectivity index (χ3v) is 4.46. The van der Waals surface area contributed by atoms with Crippen LogP contribution in [-0.4, -0.2) is 30.7 Å². The first-order valence-corrected chi connectivity index (χ1v) is 8.24. The molecule has 0 unspecified atom stereocenters. The van der Waals surface area contributed by atoms with Crippen molar-refractivity contribution < 1.29 is 18.3 Å². The highest BCUT2D eigenvalue weighted by molar-refractivity contribution is 7.90. The van der Waals surface area contributed by atoms with Crippen molar-refractivity contribution in [1.29, 1.82) is 0 Å². The van der Waals surface area contributed by atoms with Gasteiger partial charge in [0.2, 0.25) is 0 Å². The van der Waals surface area contributed by atoms with E-state index in [1.165, 1.54) is 24.4 Å². The Balaban J connectivity index is 2.81. The molecule has 21 heavy (non-hydrogen) atoms. The monoisotopic (exact) mass is 345 g/mol. The van der Waals surface area contributed by atoms with Crippen LogP contribution in [0.1, 0.15) is 10.4 Å². The molecule has 0 fully saturated rings. The molecule has 1 heterocycles. The molecular formula is C13H9Cl2NO4S. The Labute approximate surface area is 131 Å². The van der Waals surface area contributed by atoms with Crippen LogP contribution < -0.4 is 0 Å². The summed E-state index contributed by atoms with van der Waals surface area (Å²) in [4.78, 5) is 15.1. The average molecular weight is 346 g/mol. The fourth-order valence-corrected chi connectivity index (χ4v) is 2.95. The Kier molecular flexibility index (Phi) is 4.22. The number of hydrogen-bond acceptors (Lipinski definition) is 4. The molecule has 110 valence electrons. The molecule has 1 aromatic carbocycles. The van der Waals surface area contributed by atoms with Gasteiger partial charge in [0.1, 0.15) is 5.56 Å². The van der Waals surface area contributed by atoms with Gasteiger partial charge in [-0.3, -0.25) is 0 Å². The molecule has 5 nitrogen and oxygen atoms in total. The molecular weight excluding hydrogens is 337 g/mol. The van der Waals surface area contributed by atoms with E-state index in [-0.39, 0.29) is 10.6 Å². The van der Waals surface area contributed by atoms with Crippen LogP contribution in [0.25, 0.3) is 11.1 Å². The van der Waals surface area contributed by atoms with Gasteiger partial charge >= 0.3 is 5.97 Å². The lowest BCUT2D eigenvalue weighted by molar-refractivity contribution is 0.0692. The van der Waals surface area contributed by atoms with Crippen molar-refractivity contribution in [2.45, 2.75) is 5.03 Å². The minimum atomic E-state index is -3.78. The lowest BCUT2D eigenvalue weighted by Crippen LogP contribution is -2.11. The maximum Gasteiger partial charge on any atom is 0.339 e. The number of benzene rings is 1. The second kappa shape index (κ2) is 5.63. The largest absolute Gasteiger partial charge is 0.478 e. The molecule has 1 N–H and O–H groups in total. The van der Waals surface area contributed by atoms with Gasteiger partial charge in [0.15, 0.2) is 14.9 Å². The number of rotatable bonds is 3. The number of halogens is 2. The van der Waals surface area contributed by atoms with Crippen LogP contribution in [0.3, 0.4) is 0 Å². The number of carboxylic acids is 1. The van der Waals surface area contributed by atoms with E-state index >= 15 is 0 Å². The molecule has 2 aromatic rings. The summed E-state index contributed by atoms with van der Waals surface area (Å²) in [6.45, 7) is 0. The summed E-state index contributed by atoms with van der Waals surface area (Å²) in [5, 5.41) is 9.40. The predicted molar refractivity (Wildman–Crippen MR) is 79.8 cm³/mol. The van der Waals surface area contributed by atoms with Gasteiger partial charge in [-0.05, 0) is 23.8 Å². The lowest BCUT2D eigenvalue weighted by Gasteiger charge is -2.10. The first-order valence-electron chi connectivity index (χ1n) is 5.59. The Bertz CT molecular complexity index is 834. The first-order chi connectivity index (χ1) is 9.71. The van der Waals surface area contributed by atoms with Crippen molar-refractivity contribution in [3.8, 4) is 11.1 Å². The summed E-state index contributed by atoms with van der Waals surface area (Å²) in [5.74, 6) is -1.38. The average Bonchev–Trinajstić information content (AvgIpc) is 2.40. The van der Waals surface area contributed by atoms with Gasteiger partial charge in [0.25, 0.3) is 0 Å². The van der Waals surface area contributed by atoms with E-state index in [0.29, 0.717) is 10.6 Å². The third kappa shape index (κ3) is 3.18. The molecule has 0 atom stereocenters. The molecule has 0 aliphatic heterocycles.